The SMILES string of the molecule is CCOc1ccc(CCC(=O)Nc2nc(-c3ccc(C)cc3)c(C)s2)cc1. The van der Waals surface area contributed by atoms with Crippen molar-refractivity contribution in [3.8, 4) is 17.0 Å². The molecule has 0 saturated heterocycles. The number of nitrogens with one attached hydrogen (secondary N) is 1. The first-order chi connectivity index (χ1) is 13.0. The van der Waals surface area contributed by atoms with Gasteiger partial charge in [0, 0.05) is 16.9 Å². The van der Waals surface area contributed by atoms with Crippen molar-refractivity contribution >= 4 is 22.4 Å². The summed E-state index contributed by atoms with van der Waals surface area (Å²) in [7, 11) is 0. The number of amides is 1. The Hall–Kier alpha value is -2.66. The predicted octanol–water partition coefficient (Wildman–Crippen LogP) is 5.40. The maximum Gasteiger partial charge on any atom is 0.226 e. The molecule has 2 aromatic carbocycles. The molecular formula is C22H24N2O2S. The lowest BCUT2D eigenvalue weighted by Crippen LogP contribution is -2.12. The topological polar surface area (TPSA) is 51.2 Å². The first-order valence-electron chi connectivity index (χ1n) is 9.11. The van der Waals surface area contributed by atoms with E-state index in [1.165, 1.54) is 16.9 Å². The number of anilines is 1. The number of aryl methyl sites for hydroxylation is 3. The van der Waals surface area contributed by atoms with Gasteiger partial charge in [-0.1, -0.05) is 42.0 Å². The highest BCUT2D eigenvalue weighted by Crippen LogP contribution is 2.30. The van der Waals surface area contributed by atoms with Gasteiger partial charge in [0.05, 0.1) is 12.3 Å². The van der Waals surface area contributed by atoms with Crippen LogP contribution in [0.3, 0.4) is 0 Å². The second-order valence-corrected chi connectivity index (χ2v) is 7.62. The zero-order chi connectivity index (χ0) is 19.2. The zero-order valence-electron chi connectivity index (χ0n) is 15.9. The number of hydrogen-bond acceptors (Lipinski definition) is 4. The number of carbonyl (C=O) groups is 1. The molecule has 0 fully saturated rings. The van der Waals surface area contributed by atoms with E-state index in [0.717, 1.165) is 27.4 Å². The first kappa shape index (κ1) is 19.1. The number of nitrogens with zero attached hydrogens (tertiary/aromatic N) is 1. The fourth-order valence-corrected chi connectivity index (χ4v) is 3.64. The van der Waals surface area contributed by atoms with Gasteiger partial charge in [-0.25, -0.2) is 4.98 Å². The lowest BCUT2D eigenvalue weighted by atomic mass is 10.1. The summed E-state index contributed by atoms with van der Waals surface area (Å²) in [6, 6.07) is 16.2. The Morgan fingerprint density at radius 2 is 1.78 bits per heavy atom. The first-order valence-corrected chi connectivity index (χ1v) is 9.93. The highest BCUT2D eigenvalue weighted by Gasteiger charge is 2.12. The van der Waals surface area contributed by atoms with Gasteiger partial charge < -0.3 is 10.1 Å². The van der Waals surface area contributed by atoms with Gasteiger partial charge in [0.2, 0.25) is 5.91 Å². The standard InChI is InChI=1S/C22H24N2O2S/c1-4-26-19-12-7-17(8-13-19)9-14-20(25)23-22-24-21(16(3)27-22)18-10-5-15(2)6-11-18/h5-8,10-13H,4,9,14H2,1-3H3,(H,23,24,25). The number of aromatic nitrogens is 1. The van der Waals surface area contributed by atoms with E-state index in [4.69, 9.17) is 4.74 Å². The Morgan fingerprint density at radius 1 is 1.07 bits per heavy atom. The summed E-state index contributed by atoms with van der Waals surface area (Å²) in [4.78, 5) is 18.0. The molecule has 4 nitrogen and oxygen atoms in total. The fourth-order valence-electron chi connectivity index (χ4n) is 2.79. The number of benzene rings is 2. The molecule has 1 N–H and O–H groups in total. The van der Waals surface area contributed by atoms with Gasteiger partial charge in [0.15, 0.2) is 5.13 Å². The van der Waals surface area contributed by atoms with Crippen LogP contribution < -0.4 is 10.1 Å². The van der Waals surface area contributed by atoms with Crippen LogP contribution in [0.25, 0.3) is 11.3 Å². The van der Waals surface area contributed by atoms with Crippen molar-refractivity contribution in [3.05, 3.63) is 64.5 Å². The molecule has 1 amide bonds. The molecule has 0 aliphatic rings. The summed E-state index contributed by atoms with van der Waals surface area (Å²) in [5.74, 6) is 0.834. The highest BCUT2D eigenvalue weighted by molar-refractivity contribution is 7.16. The molecule has 27 heavy (non-hydrogen) atoms. The van der Waals surface area contributed by atoms with E-state index in [1.807, 2.05) is 38.1 Å². The van der Waals surface area contributed by atoms with Crippen LogP contribution in [0.4, 0.5) is 5.13 Å². The van der Waals surface area contributed by atoms with E-state index < -0.39 is 0 Å². The van der Waals surface area contributed by atoms with Crippen molar-refractivity contribution in [3.63, 3.8) is 0 Å². The van der Waals surface area contributed by atoms with E-state index in [1.54, 1.807) is 0 Å². The number of ether oxygens (including phenoxy) is 1. The second kappa shape index (κ2) is 8.82. The van der Waals surface area contributed by atoms with Crippen molar-refractivity contribution in [1.82, 2.24) is 4.98 Å². The average Bonchev–Trinajstić information content (AvgIpc) is 3.02. The van der Waals surface area contributed by atoms with Gasteiger partial charge in [-0.2, -0.15) is 0 Å². The molecule has 3 rings (SSSR count). The van der Waals surface area contributed by atoms with Gasteiger partial charge in [-0.3, -0.25) is 4.79 Å². The lowest BCUT2D eigenvalue weighted by molar-refractivity contribution is -0.116. The molecular weight excluding hydrogens is 356 g/mol. The molecule has 5 heteroatoms. The largest absolute Gasteiger partial charge is 0.494 e. The van der Waals surface area contributed by atoms with Crippen molar-refractivity contribution in [2.45, 2.75) is 33.6 Å². The minimum Gasteiger partial charge on any atom is -0.494 e. The van der Waals surface area contributed by atoms with E-state index in [-0.39, 0.29) is 5.91 Å². The summed E-state index contributed by atoms with van der Waals surface area (Å²) < 4.78 is 5.44. The molecule has 0 spiro atoms. The predicted molar refractivity (Wildman–Crippen MR) is 112 cm³/mol. The minimum atomic E-state index is -0.0203. The number of carbonyl (C=O) groups excluding carboxylic acids is 1. The van der Waals surface area contributed by atoms with E-state index in [2.05, 4.69) is 41.5 Å². The van der Waals surface area contributed by atoms with Gasteiger partial charge in [-0.15, -0.1) is 11.3 Å². The molecule has 1 heterocycles. The van der Waals surface area contributed by atoms with E-state index in [0.29, 0.717) is 24.6 Å². The van der Waals surface area contributed by atoms with E-state index in [9.17, 15) is 4.79 Å². The maximum absolute atomic E-state index is 12.3. The van der Waals surface area contributed by atoms with Crippen molar-refractivity contribution in [2.24, 2.45) is 0 Å². The molecule has 1 aromatic heterocycles. The summed E-state index contributed by atoms with van der Waals surface area (Å²) in [6.07, 6.45) is 1.11. The normalized spacial score (nSPS) is 10.6. The molecule has 3 aromatic rings. The van der Waals surface area contributed by atoms with Gasteiger partial charge >= 0.3 is 0 Å². The third-order valence-corrected chi connectivity index (χ3v) is 5.13. The molecule has 0 atom stereocenters. The molecule has 0 bridgehead atoms. The molecule has 0 radical (unpaired) electrons. The highest BCUT2D eigenvalue weighted by atomic mass is 32.1. The van der Waals surface area contributed by atoms with Gasteiger partial charge in [-0.05, 0) is 44.9 Å². The van der Waals surface area contributed by atoms with Gasteiger partial charge in [0.25, 0.3) is 0 Å². The summed E-state index contributed by atoms with van der Waals surface area (Å²) >= 11 is 1.51. The third-order valence-electron chi connectivity index (χ3n) is 4.24. The number of rotatable bonds is 7. The Kier molecular flexibility index (Phi) is 6.24. The Balaban J connectivity index is 1.58. The minimum absolute atomic E-state index is 0.0203. The quantitative estimate of drug-likeness (QED) is 0.597. The Bertz CT molecular complexity index is 899. The van der Waals surface area contributed by atoms with Crippen LogP contribution in [-0.4, -0.2) is 17.5 Å². The van der Waals surface area contributed by atoms with Gasteiger partial charge in [0.1, 0.15) is 5.75 Å². The number of hydrogen-bond donors (Lipinski definition) is 1. The van der Waals surface area contributed by atoms with Crippen LogP contribution in [0.2, 0.25) is 0 Å². The van der Waals surface area contributed by atoms with Crippen molar-refractivity contribution < 1.29 is 9.53 Å². The lowest BCUT2D eigenvalue weighted by Gasteiger charge is -2.05. The molecule has 0 aliphatic heterocycles. The second-order valence-electron chi connectivity index (χ2n) is 6.41. The molecule has 140 valence electrons. The fraction of sp³-hybridized carbons (Fsp3) is 0.273. The van der Waals surface area contributed by atoms with Crippen LogP contribution >= 0.6 is 11.3 Å². The van der Waals surface area contributed by atoms with Crippen molar-refractivity contribution in [1.29, 1.82) is 0 Å². The molecule has 0 unspecified atom stereocenters. The monoisotopic (exact) mass is 380 g/mol. The van der Waals surface area contributed by atoms with Crippen LogP contribution in [0.1, 0.15) is 29.3 Å². The van der Waals surface area contributed by atoms with Crippen LogP contribution in [0.5, 0.6) is 5.75 Å². The maximum atomic E-state index is 12.3. The Morgan fingerprint density at radius 3 is 2.44 bits per heavy atom. The average molecular weight is 381 g/mol. The van der Waals surface area contributed by atoms with Crippen LogP contribution in [0, 0.1) is 13.8 Å². The zero-order valence-corrected chi connectivity index (χ0v) is 16.7. The van der Waals surface area contributed by atoms with Crippen molar-refractivity contribution in [2.75, 3.05) is 11.9 Å². The van der Waals surface area contributed by atoms with Crippen LogP contribution in [-0.2, 0) is 11.2 Å². The smallest absolute Gasteiger partial charge is 0.226 e. The summed E-state index contributed by atoms with van der Waals surface area (Å²) in [5.41, 5.74) is 4.34. The molecule has 0 saturated carbocycles. The summed E-state index contributed by atoms with van der Waals surface area (Å²) in [6.45, 7) is 6.71. The molecule has 0 aliphatic carbocycles. The number of thiazole rings is 1. The van der Waals surface area contributed by atoms with Crippen LogP contribution in [0.15, 0.2) is 48.5 Å². The summed E-state index contributed by atoms with van der Waals surface area (Å²) in [5, 5.41) is 3.58. The Labute approximate surface area is 164 Å². The van der Waals surface area contributed by atoms with E-state index >= 15 is 0 Å². The third kappa shape index (κ3) is 5.17.